The van der Waals surface area contributed by atoms with Gasteiger partial charge in [0.05, 0.1) is 11.9 Å². The summed E-state index contributed by atoms with van der Waals surface area (Å²) in [6.07, 6.45) is 1.68. The summed E-state index contributed by atoms with van der Waals surface area (Å²) in [6.45, 7) is 0. The van der Waals surface area contributed by atoms with Gasteiger partial charge in [0.25, 0.3) is 0 Å². The van der Waals surface area contributed by atoms with Gasteiger partial charge in [-0.25, -0.2) is 4.79 Å². The summed E-state index contributed by atoms with van der Waals surface area (Å²) in [4.78, 5) is 12.5. The largest absolute Gasteiger partial charge is 0.475 e. The van der Waals surface area contributed by atoms with Crippen LogP contribution < -0.4 is 0 Å². The van der Waals surface area contributed by atoms with Crippen LogP contribution in [0.25, 0.3) is 27.9 Å². The fraction of sp³-hybridized carbons (Fsp3) is 0. The number of aromatic carboxylic acids is 1. The van der Waals surface area contributed by atoms with Crippen molar-refractivity contribution in [3.8, 4) is 16.9 Å². The summed E-state index contributed by atoms with van der Waals surface area (Å²) >= 11 is 0. The van der Waals surface area contributed by atoms with Crippen molar-refractivity contribution in [1.82, 2.24) is 15.0 Å². The molecule has 4 aromatic rings. The zero-order chi connectivity index (χ0) is 15.8. The van der Waals surface area contributed by atoms with Crippen LogP contribution in [0.4, 0.5) is 0 Å². The number of carboxylic acids is 1. The van der Waals surface area contributed by atoms with Crippen LogP contribution in [0.1, 0.15) is 10.6 Å². The Morgan fingerprint density at radius 3 is 2.62 bits per heavy atom. The molecular weight excluding hydrogens is 330 g/mol. The first kappa shape index (κ1) is 15.8. The highest BCUT2D eigenvalue weighted by Gasteiger charge is 2.12. The van der Waals surface area contributed by atoms with Crippen LogP contribution in [0.3, 0.4) is 0 Å². The molecule has 2 aromatic carbocycles. The summed E-state index contributed by atoms with van der Waals surface area (Å²) in [6, 6.07) is 16.6. The van der Waals surface area contributed by atoms with E-state index in [9.17, 15) is 4.79 Å². The van der Waals surface area contributed by atoms with Crippen molar-refractivity contribution in [1.29, 1.82) is 0 Å². The Kier molecular flexibility index (Phi) is 4.05. The summed E-state index contributed by atoms with van der Waals surface area (Å²) in [5, 5.41) is 18.4. The Hall–Kier alpha value is -3.12. The maximum Gasteiger partial charge on any atom is 0.371 e. The Morgan fingerprint density at radius 2 is 1.88 bits per heavy atom. The highest BCUT2D eigenvalue weighted by molar-refractivity contribution is 5.91. The van der Waals surface area contributed by atoms with Gasteiger partial charge in [-0.05, 0) is 18.2 Å². The van der Waals surface area contributed by atoms with Crippen LogP contribution in [-0.2, 0) is 0 Å². The second-order valence-corrected chi connectivity index (χ2v) is 5.02. The van der Waals surface area contributed by atoms with Gasteiger partial charge >= 0.3 is 5.97 Å². The van der Waals surface area contributed by atoms with Gasteiger partial charge in [0, 0.05) is 17.0 Å². The molecule has 6 nitrogen and oxygen atoms in total. The van der Waals surface area contributed by atoms with Crippen molar-refractivity contribution in [2.75, 3.05) is 0 Å². The van der Waals surface area contributed by atoms with Crippen molar-refractivity contribution in [2.24, 2.45) is 0 Å². The zero-order valence-corrected chi connectivity index (χ0v) is 13.1. The lowest BCUT2D eigenvalue weighted by Crippen LogP contribution is -1.98. The van der Waals surface area contributed by atoms with E-state index >= 15 is 0 Å². The third-order valence-corrected chi connectivity index (χ3v) is 3.51. The molecule has 1 N–H and O–H groups in total. The summed E-state index contributed by atoms with van der Waals surface area (Å²) in [5.74, 6) is -1.18. The number of fused-ring (bicyclic) bond motifs is 1. The Balaban J connectivity index is 0.00000169. The Morgan fingerprint density at radius 1 is 1.08 bits per heavy atom. The highest BCUT2D eigenvalue weighted by atomic mass is 35.5. The molecule has 2 aromatic heterocycles. The number of rotatable bonds is 3. The predicted octanol–water partition coefficient (Wildman–Crippen LogP) is 3.80. The van der Waals surface area contributed by atoms with Crippen LogP contribution in [0.2, 0.25) is 0 Å². The Bertz CT molecular complexity index is 1010. The van der Waals surface area contributed by atoms with Gasteiger partial charge in [-0.1, -0.05) is 30.3 Å². The van der Waals surface area contributed by atoms with Gasteiger partial charge in [-0.3, -0.25) is 0 Å². The third kappa shape index (κ3) is 2.75. The van der Waals surface area contributed by atoms with Gasteiger partial charge in [-0.15, -0.1) is 17.5 Å². The van der Waals surface area contributed by atoms with Crippen LogP contribution in [-0.4, -0.2) is 26.1 Å². The number of benzene rings is 2. The molecule has 4 rings (SSSR count). The number of carboxylic acid groups (broad SMARTS) is 1. The van der Waals surface area contributed by atoms with Gasteiger partial charge in [0.15, 0.2) is 0 Å². The minimum absolute atomic E-state index is 0. The van der Waals surface area contributed by atoms with E-state index in [1.54, 1.807) is 18.3 Å². The molecular formula is C17H12ClN3O3. The number of halogens is 1. The van der Waals surface area contributed by atoms with Gasteiger partial charge < -0.3 is 9.52 Å². The van der Waals surface area contributed by atoms with E-state index in [1.807, 2.05) is 36.4 Å². The van der Waals surface area contributed by atoms with E-state index in [0.29, 0.717) is 11.3 Å². The first-order valence-corrected chi connectivity index (χ1v) is 6.96. The van der Waals surface area contributed by atoms with E-state index in [4.69, 9.17) is 9.52 Å². The third-order valence-electron chi connectivity index (χ3n) is 3.51. The van der Waals surface area contributed by atoms with Crippen molar-refractivity contribution < 1.29 is 14.3 Å². The number of carbonyl (C=O) groups is 1. The van der Waals surface area contributed by atoms with Crippen molar-refractivity contribution in [3.05, 3.63) is 66.6 Å². The molecule has 0 saturated carbocycles. The summed E-state index contributed by atoms with van der Waals surface area (Å²) in [5.41, 5.74) is 2.92. The van der Waals surface area contributed by atoms with Crippen molar-refractivity contribution in [2.45, 2.75) is 0 Å². The average molecular weight is 342 g/mol. The van der Waals surface area contributed by atoms with Crippen LogP contribution in [0.15, 0.2) is 65.2 Å². The number of hydrogen-bond acceptors (Lipinski definition) is 4. The SMILES string of the molecule is Cl.O=C(O)c1cc2ccc(-n3ncc(-c4ccccc4)n3)cc2o1. The molecule has 24 heavy (non-hydrogen) atoms. The van der Waals surface area contributed by atoms with E-state index in [2.05, 4.69) is 10.2 Å². The van der Waals surface area contributed by atoms with E-state index in [1.165, 1.54) is 10.9 Å². The summed E-state index contributed by atoms with van der Waals surface area (Å²) in [7, 11) is 0. The molecule has 0 radical (unpaired) electrons. The van der Waals surface area contributed by atoms with Crippen LogP contribution in [0, 0.1) is 0 Å². The van der Waals surface area contributed by atoms with Gasteiger partial charge in [0.2, 0.25) is 5.76 Å². The monoisotopic (exact) mass is 341 g/mol. The second kappa shape index (κ2) is 6.17. The second-order valence-electron chi connectivity index (χ2n) is 5.02. The zero-order valence-electron chi connectivity index (χ0n) is 12.3. The maximum atomic E-state index is 11.0. The van der Waals surface area contributed by atoms with E-state index < -0.39 is 5.97 Å². The molecule has 0 bridgehead atoms. The number of hydrogen-bond donors (Lipinski definition) is 1. The molecule has 0 aliphatic rings. The fourth-order valence-corrected chi connectivity index (χ4v) is 2.38. The molecule has 0 aliphatic carbocycles. The summed E-state index contributed by atoms with van der Waals surface area (Å²) < 4.78 is 5.31. The molecule has 7 heteroatoms. The number of aromatic nitrogens is 3. The van der Waals surface area contributed by atoms with E-state index in [0.717, 1.165) is 16.6 Å². The molecule has 0 aliphatic heterocycles. The topological polar surface area (TPSA) is 81.1 Å². The van der Waals surface area contributed by atoms with E-state index in [-0.39, 0.29) is 18.2 Å². The molecule has 2 heterocycles. The normalized spacial score (nSPS) is 10.5. The predicted molar refractivity (Wildman–Crippen MR) is 90.8 cm³/mol. The van der Waals surface area contributed by atoms with Crippen LogP contribution in [0.5, 0.6) is 0 Å². The van der Waals surface area contributed by atoms with Crippen molar-refractivity contribution in [3.63, 3.8) is 0 Å². The standard InChI is InChI=1S/C17H11N3O3.ClH/c21-17(22)16-8-12-6-7-13(9-15(12)23-16)20-18-10-14(19-20)11-4-2-1-3-5-11;/h1-10H,(H,21,22);1H. The molecule has 120 valence electrons. The minimum atomic E-state index is -1.09. The highest BCUT2D eigenvalue weighted by Crippen LogP contribution is 2.23. The number of nitrogens with zero attached hydrogens (tertiary/aromatic N) is 3. The smallest absolute Gasteiger partial charge is 0.371 e. The molecule has 0 fully saturated rings. The lowest BCUT2D eigenvalue weighted by atomic mass is 10.2. The first-order chi connectivity index (χ1) is 11.2. The minimum Gasteiger partial charge on any atom is -0.475 e. The molecule has 0 amide bonds. The molecule has 0 saturated heterocycles. The van der Waals surface area contributed by atoms with Gasteiger partial charge in [-0.2, -0.15) is 9.90 Å². The molecule has 0 unspecified atom stereocenters. The molecule has 0 spiro atoms. The van der Waals surface area contributed by atoms with Crippen LogP contribution >= 0.6 is 12.4 Å². The average Bonchev–Trinajstić information content (AvgIpc) is 3.22. The fourth-order valence-electron chi connectivity index (χ4n) is 2.38. The Labute approximate surface area is 142 Å². The van der Waals surface area contributed by atoms with Crippen molar-refractivity contribution >= 4 is 29.3 Å². The molecule has 0 atom stereocenters. The lowest BCUT2D eigenvalue weighted by Gasteiger charge is -1.99. The first-order valence-electron chi connectivity index (χ1n) is 6.96. The van der Waals surface area contributed by atoms with Gasteiger partial charge in [0.1, 0.15) is 11.3 Å². The maximum absolute atomic E-state index is 11.0. The number of furan rings is 1. The lowest BCUT2D eigenvalue weighted by molar-refractivity contribution is 0.0665. The quantitative estimate of drug-likeness (QED) is 0.613.